The lowest BCUT2D eigenvalue weighted by atomic mass is 10.00. The molecule has 0 bridgehead atoms. The van der Waals surface area contributed by atoms with Crippen molar-refractivity contribution in [1.82, 2.24) is 4.98 Å². The van der Waals surface area contributed by atoms with Crippen molar-refractivity contribution in [3.8, 4) is 0 Å². The number of fused-ring (bicyclic) bond motifs is 2. The quantitative estimate of drug-likeness (QED) is 0.336. The number of benzene rings is 2. The second-order valence-corrected chi connectivity index (χ2v) is 6.41. The monoisotopic (exact) mass is 306 g/mol. The van der Waals surface area contributed by atoms with Crippen LogP contribution < -0.4 is 5.73 Å². The molecular weight excluding hydrogens is 280 g/mol. The van der Waals surface area contributed by atoms with Gasteiger partial charge in [0.25, 0.3) is 0 Å². The zero-order chi connectivity index (χ0) is 16.1. The van der Waals surface area contributed by atoms with Crippen molar-refractivity contribution in [2.45, 2.75) is 51.9 Å². The number of nitrogen functional groups attached to an aromatic ring is 1. The number of anilines is 1. The zero-order valence-corrected chi connectivity index (χ0v) is 14.0. The third-order valence-electron chi connectivity index (χ3n) is 4.60. The van der Waals surface area contributed by atoms with Crippen LogP contribution in [-0.2, 0) is 6.42 Å². The lowest BCUT2D eigenvalue weighted by Gasteiger charge is -2.09. The van der Waals surface area contributed by atoms with E-state index in [2.05, 4.69) is 37.3 Å². The van der Waals surface area contributed by atoms with Gasteiger partial charge in [0.1, 0.15) is 0 Å². The molecule has 0 aliphatic rings. The first-order valence-electron chi connectivity index (χ1n) is 8.86. The zero-order valence-electron chi connectivity index (χ0n) is 14.0. The Morgan fingerprint density at radius 1 is 0.913 bits per heavy atom. The molecule has 120 valence electrons. The van der Waals surface area contributed by atoms with Gasteiger partial charge in [-0.1, -0.05) is 63.3 Å². The molecule has 1 heterocycles. The highest BCUT2D eigenvalue weighted by Crippen LogP contribution is 2.26. The molecule has 0 saturated heterocycles. The third-order valence-corrected chi connectivity index (χ3v) is 4.60. The first-order valence-corrected chi connectivity index (χ1v) is 8.86. The lowest BCUT2D eigenvalue weighted by Crippen LogP contribution is -1.93. The molecule has 0 radical (unpaired) electrons. The molecule has 0 spiro atoms. The van der Waals surface area contributed by atoms with E-state index in [0.717, 1.165) is 28.5 Å². The fraction of sp³-hybridized carbons (Fsp3) is 0.381. The van der Waals surface area contributed by atoms with Crippen LogP contribution in [0.1, 0.15) is 51.0 Å². The first-order chi connectivity index (χ1) is 11.3. The molecule has 0 aliphatic carbocycles. The fourth-order valence-corrected chi connectivity index (χ4v) is 3.28. The predicted octanol–water partition coefficient (Wildman–Crippen LogP) is 5.87. The number of rotatable bonds is 7. The van der Waals surface area contributed by atoms with E-state index >= 15 is 0 Å². The molecule has 0 fully saturated rings. The topological polar surface area (TPSA) is 38.9 Å². The highest BCUT2D eigenvalue weighted by atomic mass is 14.7. The number of hydrogen-bond acceptors (Lipinski definition) is 2. The van der Waals surface area contributed by atoms with Gasteiger partial charge in [0.15, 0.2) is 0 Å². The first kappa shape index (κ1) is 15.8. The van der Waals surface area contributed by atoms with Crippen LogP contribution in [0.4, 0.5) is 5.69 Å². The predicted molar refractivity (Wildman–Crippen MR) is 101 cm³/mol. The Morgan fingerprint density at radius 2 is 1.70 bits per heavy atom. The second kappa shape index (κ2) is 7.45. The Balaban J connectivity index is 1.81. The van der Waals surface area contributed by atoms with Gasteiger partial charge >= 0.3 is 0 Å². The van der Waals surface area contributed by atoms with Crippen molar-refractivity contribution in [1.29, 1.82) is 0 Å². The molecule has 2 nitrogen and oxygen atoms in total. The highest BCUT2D eigenvalue weighted by molar-refractivity contribution is 5.98. The molecule has 0 amide bonds. The minimum absolute atomic E-state index is 0.755. The lowest BCUT2D eigenvalue weighted by molar-refractivity contribution is 0.608. The van der Waals surface area contributed by atoms with Gasteiger partial charge in [-0.25, -0.2) is 4.98 Å². The molecule has 23 heavy (non-hydrogen) atoms. The molecule has 0 saturated carbocycles. The fourth-order valence-electron chi connectivity index (χ4n) is 3.28. The van der Waals surface area contributed by atoms with E-state index in [1.165, 1.54) is 49.5 Å². The van der Waals surface area contributed by atoms with Crippen molar-refractivity contribution in [2.75, 3.05) is 5.73 Å². The highest BCUT2D eigenvalue weighted by Gasteiger charge is 2.06. The van der Waals surface area contributed by atoms with Crippen molar-refractivity contribution in [3.05, 3.63) is 48.0 Å². The van der Waals surface area contributed by atoms with E-state index in [4.69, 9.17) is 10.7 Å². The van der Waals surface area contributed by atoms with E-state index in [-0.39, 0.29) is 0 Å². The minimum atomic E-state index is 0.755. The molecule has 2 heteroatoms. The number of para-hydroxylation sites is 1. The summed E-state index contributed by atoms with van der Waals surface area (Å²) in [5.41, 5.74) is 10.2. The molecule has 1 aromatic heterocycles. The number of nitrogens with zero attached hydrogens (tertiary/aromatic N) is 1. The van der Waals surface area contributed by atoms with Crippen LogP contribution in [0.3, 0.4) is 0 Å². The molecule has 0 atom stereocenters. The standard InChI is InChI=1S/C21H26N2/c1-2-3-4-5-6-7-10-16-11-9-14-20-18(16)15-17-12-8-13-19(22)21(17)23-20/h8-9,11-15H,2-7,10,22H2,1H3. The van der Waals surface area contributed by atoms with Crippen LogP contribution in [-0.4, -0.2) is 4.98 Å². The van der Waals surface area contributed by atoms with Gasteiger partial charge in [-0.2, -0.15) is 0 Å². The summed E-state index contributed by atoms with van der Waals surface area (Å²) in [6, 6.07) is 14.7. The van der Waals surface area contributed by atoms with E-state index in [0.29, 0.717) is 0 Å². The second-order valence-electron chi connectivity index (χ2n) is 6.41. The Hall–Kier alpha value is -2.09. The molecule has 0 aliphatic heterocycles. The summed E-state index contributed by atoms with van der Waals surface area (Å²) in [6.07, 6.45) is 9.13. The summed E-state index contributed by atoms with van der Waals surface area (Å²) in [4.78, 5) is 4.78. The summed E-state index contributed by atoms with van der Waals surface area (Å²) in [6.45, 7) is 2.26. The van der Waals surface area contributed by atoms with Gasteiger partial charge in [0.2, 0.25) is 0 Å². The third kappa shape index (κ3) is 3.64. The van der Waals surface area contributed by atoms with E-state index in [9.17, 15) is 0 Å². The van der Waals surface area contributed by atoms with E-state index < -0.39 is 0 Å². The molecule has 0 unspecified atom stereocenters. The molecule has 2 N–H and O–H groups in total. The molecule has 3 rings (SSSR count). The normalized spacial score (nSPS) is 11.3. The van der Waals surface area contributed by atoms with Crippen LogP contribution in [0.15, 0.2) is 42.5 Å². The summed E-state index contributed by atoms with van der Waals surface area (Å²) in [5, 5.41) is 2.41. The Morgan fingerprint density at radius 3 is 2.57 bits per heavy atom. The number of aromatic nitrogens is 1. The average Bonchev–Trinajstić information content (AvgIpc) is 2.57. The minimum Gasteiger partial charge on any atom is -0.397 e. The smallest absolute Gasteiger partial charge is 0.0938 e. The van der Waals surface area contributed by atoms with Crippen LogP contribution >= 0.6 is 0 Å². The maximum Gasteiger partial charge on any atom is 0.0938 e. The number of nitrogens with two attached hydrogens (primary N) is 1. The number of unbranched alkanes of at least 4 members (excludes halogenated alkanes) is 5. The van der Waals surface area contributed by atoms with Crippen LogP contribution in [0, 0.1) is 0 Å². The SMILES string of the molecule is CCCCCCCCc1cccc2nc3c(N)cccc3cc12. The number of pyridine rings is 1. The van der Waals surface area contributed by atoms with Crippen LogP contribution in [0.25, 0.3) is 21.8 Å². The van der Waals surface area contributed by atoms with Crippen molar-refractivity contribution >= 4 is 27.5 Å². The number of hydrogen-bond donors (Lipinski definition) is 1. The molecular formula is C21H26N2. The molecule has 3 aromatic rings. The Kier molecular flexibility index (Phi) is 5.12. The summed E-state index contributed by atoms with van der Waals surface area (Å²) in [5.74, 6) is 0. The Bertz CT molecular complexity index is 792. The van der Waals surface area contributed by atoms with Crippen LogP contribution in [0.5, 0.6) is 0 Å². The number of aryl methyl sites for hydroxylation is 1. The van der Waals surface area contributed by atoms with Gasteiger partial charge in [-0.3, -0.25) is 0 Å². The van der Waals surface area contributed by atoms with E-state index in [1.54, 1.807) is 0 Å². The van der Waals surface area contributed by atoms with E-state index in [1.807, 2.05) is 12.1 Å². The van der Waals surface area contributed by atoms with Gasteiger partial charge < -0.3 is 5.73 Å². The van der Waals surface area contributed by atoms with Crippen molar-refractivity contribution in [2.24, 2.45) is 0 Å². The maximum atomic E-state index is 6.06. The maximum absolute atomic E-state index is 6.06. The largest absolute Gasteiger partial charge is 0.397 e. The van der Waals surface area contributed by atoms with Gasteiger partial charge in [-0.15, -0.1) is 0 Å². The summed E-state index contributed by atoms with van der Waals surface area (Å²) in [7, 11) is 0. The molecule has 2 aromatic carbocycles. The Labute approximate surface area is 138 Å². The van der Waals surface area contributed by atoms with Gasteiger partial charge in [0.05, 0.1) is 16.7 Å². The van der Waals surface area contributed by atoms with Crippen LogP contribution in [0.2, 0.25) is 0 Å². The van der Waals surface area contributed by atoms with Crippen molar-refractivity contribution in [3.63, 3.8) is 0 Å². The summed E-state index contributed by atoms with van der Waals surface area (Å²) >= 11 is 0. The van der Waals surface area contributed by atoms with Gasteiger partial charge in [-0.05, 0) is 36.6 Å². The summed E-state index contributed by atoms with van der Waals surface area (Å²) < 4.78 is 0. The average molecular weight is 306 g/mol. The van der Waals surface area contributed by atoms with Crippen molar-refractivity contribution < 1.29 is 0 Å². The van der Waals surface area contributed by atoms with Gasteiger partial charge in [0, 0.05) is 10.8 Å².